The van der Waals surface area contributed by atoms with Gasteiger partial charge in [-0.15, -0.1) is 0 Å². The average molecular weight is 366 g/mol. The van der Waals surface area contributed by atoms with Crippen molar-refractivity contribution in [3.05, 3.63) is 114 Å². The number of ether oxygens (including phenoxy) is 1. The number of Topliss-reactive ketones (excluding diaryl/α,β-unsaturated/α-hetero) is 1. The summed E-state index contributed by atoms with van der Waals surface area (Å²) in [6.45, 7) is 0. The fourth-order valence-corrected chi connectivity index (χ4v) is 3.17. The van der Waals surface area contributed by atoms with Crippen molar-refractivity contribution in [2.75, 3.05) is 0 Å². The lowest BCUT2D eigenvalue weighted by Gasteiger charge is -2.13. The molecule has 0 N–H and O–H groups in total. The van der Waals surface area contributed by atoms with Crippen molar-refractivity contribution in [2.45, 2.75) is 6.42 Å². The van der Waals surface area contributed by atoms with Crippen molar-refractivity contribution >= 4 is 22.5 Å². The lowest BCUT2D eigenvalue weighted by molar-refractivity contribution is 0.0735. The molecule has 0 heterocycles. The number of carbonyl (C=O) groups is 2. The summed E-state index contributed by atoms with van der Waals surface area (Å²) in [4.78, 5) is 25.7. The van der Waals surface area contributed by atoms with Gasteiger partial charge < -0.3 is 4.74 Å². The molecule has 28 heavy (non-hydrogen) atoms. The van der Waals surface area contributed by atoms with Gasteiger partial charge in [0.15, 0.2) is 5.78 Å². The molecular weight excluding hydrogens is 348 g/mol. The molecule has 0 aliphatic carbocycles. The maximum Gasteiger partial charge on any atom is 0.343 e. The Morgan fingerprint density at radius 3 is 2.07 bits per heavy atom. The molecule has 0 fully saturated rings. The van der Waals surface area contributed by atoms with Crippen LogP contribution >= 0.6 is 0 Å². The number of ketones is 1. The molecule has 3 nitrogen and oxygen atoms in total. The van der Waals surface area contributed by atoms with Crippen LogP contribution in [0.1, 0.15) is 26.3 Å². The average Bonchev–Trinajstić information content (AvgIpc) is 2.75. The summed E-state index contributed by atoms with van der Waals surface area (Å²) in [6.07, 6.45) is 0.245. The lowest BCUT2D eigenvalue weighted by Crippen LogP contribution is -2.13. The van der Waals surface area contributed by atoms with Gasteiger partial charge in [0.1, 0.15) is 5.75 Å². The van der Waals surface area contributed by atoms with Crippen LogP contribution in [0.25, 0.3) is 10.8 Å². The fourth-order valence-electron chi connectivity index (χ4n) is 3.17. The number of hydrogen-bond acceptors (Lipinski definition) is 3. The Bertz CT molecular complexity index is 1130. The van der Waals surface area contributed by atoms with Gasteiger partial charge in [0.2, 0.25) is 0 Å². The Labute approximate surface area is 163 Å². The normalized spacial score (nSPS) is 10.6. The second kappa shape index (κ2) is 7.89. The maximum atomic E-state index is 13.0. The molecule has 0 saturated carbocycles. The molecule has 136 valence electrons. The van der Waals surface area contributed by atoms with Crippen molar-refractivity contribution in [3.8, 4) is 5.75 Å². The molecule has 0 bridgehead atoms. The largest absolute Gasteiger partial charge is 0.421 e. The van der Waals surface area contributed by atoms with Crippen LogP contribution in [0.4, 0.5) is 0 Å². The van der Waals surface area contributed by atoms with E-state index in [0.717, 1.165) is 16.3 Å². The predicted octanol–water partition coefficient (Wildman–Crippen LogP) is 5.48. The summed E-state index contributed by atoms with van der Waals surface area (Å²) in [7, 11) is 0. The third-order valence-electron chi connectivity index (χ3n) is 4.59. The standard InChI is InChI=1S/C25H18O3/c26-23(17-18-9-3-1-4-10-18)22-16-15-19-11-7-8-14-21(19)24(22)28-25(27)20-12-5-2-6-13-20/h1-16H,17H2. The Morgan fingerprint density at radius 1 is 0.679 bits per heavy atom. The molecule has 4 rings (SSSR count). The van der Waals surface area contributed by atoms with Gasteiger partial charge >= 0.3 is 5.97 Å². The minimum atomic E-state index is -0.481. The molecule has 0 aliphatic rings. The molecular formula is C25H18O3. The van der Waals surface area contributed by atoms with Gasteiger partial charge in [-0.25, -0.2) is 4.79 Å². The zero-order chi connectivity index (χ0) is 19.3. The molecule has 4 aromatic rings. The second-order valence-corrected chi connectivity index (χ2v) is 6.50. The van der Waals surface area contributed by atoms with Crippen molar-refractivity contribution in [1.29, 1.82) is 0 Å². The van der Waals surface area contributed by atoms with Gasteiger partial charge in [0, 0.05) is 11.8 Å². The van der Waals surface area contributed by atoms with E-state index >= 15 is 0 Å². The van der Waals surface area contributed by atoms with Gasteiger partial charge in [-0.05, 0) is 29.1 Å². The highest BCUT2D eigenvalue weighted by atomic mass is 16.5. The van der Waals surface area contributed by atoms with E-state index in [1.54, 1.807) is 30.3 Å². The highest BCUT2D eigenvalue weighted by Crippen LogP contribution is 2.31. The SMILES string of the molecule is O=C(Oc1c(C(=O)Cc2ccccc2)ccc2ccccc12)c1ccccc1. The van der Waals surface area contributed by atoms with Crippen molar-refractivity contribution in [3.63, 3.8) is 0 Å². The smallest absolute Gasteiger partial charge is 0.343 e. The van der Waals surface area contributed by atoms with E-state index in [1.807, 2.05) is 66.7 Å². The number of fused-ring (bicyclic) bond motifs is 1. The van der Waals surface area contributed by atoms with Gasteiger partial charge in [0.25, 0.3) is 0 Å². The van der Waals surface area contributed by atoms with Crippen LogP contribution < -0.4 is 4.74 Å². The summed E-state index contributed by atoms with van der Waals surface area (Å²) in [5.41, 5.74) is 1.77. The molecule has 3 heteroatoms. The van der Waals surface area contributed by atoms with Crippen LogP contribution in [0.3, 0.4) is 0 Å². The molecule has 4 aromatic carbocycles. The van der Waals surface area contributed by atoms with Gasteiger partial charge in [-0.2, -0.15) is 0 Å². The first-order chi connectivity index (χ1) is 13.7. The van der Waals surface area contributed by atoms with E-state index in [9.17, 15) is 9.59 Å². The van der Waals surface area contributed by atoms with E-state index < -0.39 is 5.97 Å². The zero-order valence-corrected chi connectivity index (χ0v) is 15.2. The van der Waals surface area contributed by atoms with Crippen molar-refractivity contribution in [1.82, 2.24) is 0 Å². The molecule has 0 radical (unpaired) electrons. The molecule has 0 amide bonds. The molecule has 0 atom stereocenters. The predicted molar refractivity (Wildman–Crippen MR) is 110 cm³/mol. The first kappa shape index (κ1) is 17.7. The van der Waals surface area contributed by atoms with E-state index in [4.69, 9.17) is 4.74 Å². The minimum absolute atomic E-state index is 0.0900. The summed E-state index contributed by atoms with van der Waals surface area (Å²) in [5, 5.41) is 1.65. The summed E-state index contributed by atoms with van der Waals surface area (Å²) >= 11 is 0. The van der Waals surface area contributed by atoms with Crippen LogP contribution in [-0.4, -0.2) is 11.8 Å². The van der Waals surface area contributed by atoms with Crippen LogP contribution in [0.5, 0.6) is 5.75 Å². The number of carbonyl (C=O) groups excluding carboxylic acids is 2. The van der Waals surface area contributed by atoms with E-state index in [0.29, 0.717) is 16.9 Å². The minimum Gasteiger partial charge on any atom is -0.421 e. The molecule has 0 saturated heterocycles. The highest BCUT2D eigenvalue weighted by Gasteiger charge is 2.19. The number of hydrogen-bond donors (Lipinski definition) is 0. The summed E-state index contributed by atoms with van der Waals surface area (Å²) in [5.74, 6) is -0.258. The Kier molecular flexibility index (Phi) is 4.98. The third-order valence-corrected chi connectivity index (χ3v) is 4.59. The van der Waals surface area contributed by atoms with Crippen molar-refractivity contribution in [2.24, 2.45) is 0 Å². The van der Waals surface area contributed by atoms with Gasteiger partial charge in [0.05, 0.1) is 11.1 Å². The van der Waals surface area contributed by atoms with Crippen LogP contribution in [0.2, 0.25) is 0 Å². The monoisotopic (exact) mass is 366 g/mol. The molecule has 0 aliphatic heterocycles. The summed E-state index contributed by atoms with van der Waals surface area (Å²) in [6, 6.07) is 29.5. The highest BCUT2D eigenvalue weighted by molar-refractivity contribution is 6.07. The maximum absolute atomic E-state index is 13.0. The van der Waals surface area contributed by atoms with E-state index in [2.05, 4.69) is 0 Å². The Morgan fingerprint density at radius 2 is 1.32 bits per heavy atom. The molecule has 0 unspecified atom stereocenters. The second-order valence-electron chi connectivity index (χ2n) is 6.50. The van der Waals surface area contributed by atoms with Gasteiger partial charge in [-0.3, -0.25) is 4.79 Å². The van der Waals surface area contributed by atoms with Gasteiger partial charge in [-0.1, -0.05) is 78.9 Å². The Hall–Kier alpha value is -3.72. The molecule has 0 aromatic heterocycles. The first-order valence-corrected chi connectivity index (χ1v) is 9.08. The fraction of sp³-hybridized carbons (Fsp3) is 0.0400. The Balaban J connectivity index is 1.75. The first-order valence-electron chi connectivity index (χ1n) is 9.08. The number of benzene rings is 4. The zero-order valence-electron chi connectivity index (χ0n) is 15.2. The van der Waals surface area contributed by atoms with E-state index in [-0.39, 0.29) is 12.2 Å². The number of esters is 1. The third kappa shape index (κ3) is 3.69. The van der Waals surface area contributed by atoms with E-state index in [1.165, 1.54) is 0 Å². The number of rotatable bonds is 5. The quantitative estimate of drug-likeness (QED) is 0.267. The molecule has 0 spiro atoms. The van der Waals surface area contributed by atoms with Crippen molar-refractivity contribution < 1.29 is 14.3 Å². The lowest BCUT2D eigenvalue weighted by atomic mass is 9.98. The van der Waals surface area contributed by atoms with Crippen LogP contribution in [-0.2, 0) is 6.42 Å². The van der Waals surface area contributed by atoms with Crippen LogP contribution in [0.15, 0.2) is 97.1 Å². The van der Waals surface area contributed by atoms with Crippen LogP contribution in [0, 0.1) is 0 Å². The topological polar surface area (TPSA) is 43.4 Å². The summed E-state index contributed by atoms with van der Waals surface area (Å²) < 4.78 is 5.74.